The Morgan fingerprint density at radius 1 is 1.19 bits per heavy atom. The molecular formula is C30H50BrN5S. The van der Waals surface area contributed by atoms with Crippen LogP contribution in [0.5, 0.6) is 0 Å². The number of rotatable bonds is 15. The minimum Gasteiger partial charge on any atom is -0.370 e. The van der Waals surface area contributed by atoms with Gasteiger partial charge < -0.3 is 10.6 Å². The van der Waals surface area contributed by atoms with Crippen LogP contribution in [-0.4, -0.2) is 40.0 Å². The van der Waals surface area contributed by atoms with E-state index in [4.69, 9.17) is 4.98 Å². The van der Waals surface area contributed by atoms with Gasteiger partial charge >= 0.3 is 0 Å². The van der Waals surface area contributed by atoms with E-state index in [1.807, 2.05) is 50.0 Å². The second kappa shape index (κ2) is 22.2. The molecule has 0 aliphatic carbocycles. The first-order valence-electron chi connectivity index (χ1n) is 13.8. The Morgan fingerprint density at radius 3 is 2.54 bits per heavy atom. The van der Waals surface area contributed by atoms with Crippen LogP contribution in [0.25, 0.3) is 11.2 Å². The summed E-state index contributed by atoms with van der Waals surface area (Å²) in [6.07, 6.45) is 13.4. The highest BCUT2D eigenvalue weighted by molar-refractivity contribution is 9.10. The van der Waals surface area contributed by atoms with Crippen molar-refractivity contribution in [3.8, 4) is 0 Å². The van der Waals surface area contributed by atoms with Gasteiger partial charge in [-0.2, -0.15) is 9.61 Å². The van der Waals surface area contributed by atoms with Gasteiger partial charge in [0, 0.05) is 24.7 Å². The molecule has 5 nitrogen and oxygen atoms in total. The molecule has 0 bridgehead atoms. The number of aromatic nitrogens is 3. The fourth-order valence-corrected chi connectivity index (χ4v) is 4.25. The number of hydrogen-bond donors (Lipinski definition) is 2. The van der Waals surface area contributed by atoms with Gasteiger partial charge in [-0.3, -0.25) is 0 Å². The van der Waals surface area contributed by atoms with E-state index in [1.54, 1.807) is 6.20 Å². The molecule has 0 aromatic carbocycles. The highest BCUT2D eigenvalue weighted by Crippen LogP contribution is 2.26. The van der Waals surface area contributed by atoms with Crippen LogP contribution >= 0.6 is 27.7 Å². The van der Waals surface area contributed by atoms with E-state index in [2.05, 4.69) is 95.6 Å². The van der Waals surface area contributed by atoms with Crippen LogP contribution in [0, 0.1) is 5.92 Å². The predicted octanol–water partition coefficient (Wildman–Crippen LogP) is 9.15. The molecule has 1 unspecified atom stereocenters. The molecule has 1 atom stereocenters. The van der Waals surface area contributed by atoms with E-state index in [1.165, 1.54) is 0 Å². The van der Waals surface area contributed by atoms with Crippen molar-refractivity contribution in [3.05, 3.63) is 64.3 Å². The largest absolute Gasteiger partial charge is 0.370 e. The number of hydrogen-bond acceptors (Lipinski definition) is 5. The number of allylic oxidation sites excluding steroid dienone is 5. The fourth-order valence-electron chi connectivity index (χ4n) is 3.33. The lowest BCUT2D eigenvalue weighted by atomic mass is 10.1. The second-order valence-corrected chi connectivity index (χ2v) is 10.0. The summed E-state index contributed by atoms with van der Waals surface area (Å²) in [5, 5.41) is 13.8. The summed E-state index contributed by atoms with van der Waals surface area (Å²) in [4.78, 5) is 4.84. The molecule has 0 amide bonds. The minimum atomic E-state index is 0.562. The molecule has 0 spiro atoms. The number of nitrogens with zero attached hydrogens (tertiary/aromatic N) is 3. The van der Waals surface area contributed by atoms with Crippen molar-refractivity contribution in [2.75, 3.05) is 30.7 Å². The Bertz CT molecular complexity index is 978. The van der Waals surface area contributed by atoms with Gasteiger partial charge in [-0.05, 0) is 71.3 Å². The van der Waals surface area contributed by atoms with E-state index in [9.17, 15) is 0 Å². The Balaban J connectivity index is 0.00000308. The molecule has 0 aliphatic heterocycles. The van der Waals surface area contributed by atoms with Crippen molar-refractivity contribution in [2.24, 2.45) is 5.92 Å². The van der Waals surface area contributed by atoms with Gasteiger partial charge in [0.1, 0.15) is 5.82 Å². The number of unbranched alkanes of at least 4 members (excludes halogenated alkanes) is 1. The predicted molar refractivity (Wildman–Crippen MR) is 173 cm³/mol. The molecule has 7 heteroatoms. The van der Waals surface area contributed by atoms with Gasteiger partial charge in [-0.15, -0.1) is 11.8 Å². The van der Waals surface area contributed by atoms with Crippen LogP contribution in [0.2, 0.25) is 0 Å². The Hall–Kier alpha value is -1.83. The molecule has 208 valence electrons. The molecule has 2 N–H and O–H groups in total. The first-order chi connectivity index (χ1) is 18.0. The summed E-state index contributed by atoms with van der Waals surface area (Å²) >= 11 is 5.44. The van der Waals surface area contributed by atoms with Crippen LogP contribution in [0.3, 0.4) is 0 Å². The first-order valence-corrected chi connectivity index (χ1v) is 15.6. The van der Waals surface area contributed by atoms with Crippen molar-refractivity contribution in [2.45, 2.75) is 74.7 Å². The highest BCUT2D eigenvalue weighted by atomic mass is 79.9. The van der Waals surface area contributed by atoms with E-state index >= 15 is 0 Å². The average molecular weight is 593 g/mol. The molecule has 0 aliphatic rings. The Labute approximate surface area is 239 Å². The van der Waals surface area contributed by atoms with Crippen LogP contribution in [0.4, 0.5) is 5.82 Å². The minimum absolute atomic E-state index is 0.562. The molecule has 0 saturated heterocycles. The number of nitrogens with one attached hydrogen (secondary N) is 2. The van der Waals surface area contributed by atoms with Gasteiger partial charge in [-0.25, -0.2) is 4.98 Å². The summed E-state index contributed by atoms with van der Waals surface area (Å²) in [6, 6.07) is 2.06. The molecule has 0 radical (unpaired) electrons. The van der Waals surface area contributed by atoms with Gasteiger partial charge in [0.05, 0.1) is 16.4 Å². The zero-order valence-electron chi connectivity index (χ0n) is 24.4. The van der Waals surface area contributed by atoms with E-state index < -0.39 is 0 Å². The first kappa shape index (κ1) is 35.2. The quantitative estimate of drug-likeness (QED) is 0.160. The topological polar surface area (TPSA) is 54.2 Å². The summed E-state index contributed by atoms with van der Waals surface area (Å²) in [5.41, 5.74) is 3.87. The zero-order valence-corrected chi connectivity index (χ0v) is 26.8. The standard InChI is InChI=1S/C26H38BrN5S.2C2H6/c1-6-9-12-21(5)22(7-2)24-17-25(32-26(31-24)23(27)19-30-32)29-15-11-10-14-28-18-20(4)13-16-33-8-3;2*1-2/h7,9,12-13,16-17,19-20,28-29H,2,6,8,10-11,14-15,18H2,1,3-5H3;2*1-2H3/b12-9-,16-13-,22-21+;;. The highest BCUT2D eigenvalue weighted by Gasteiger charge is 2.12. The molecular weight excluding hydrogens is 542 g/mol. The summed E-state index contributed by atoms with van der Waals surface area (Å²) in [6.45, 7) is 23.6. The van der Waals surface area contributed by atoms with Crippen molar-refractivity contribution in [1.29, 1.82) is 0 Å². The Kier molecular flexibility index (Phi) is 21.1. The summed E-state index contributed by atoms with van der Waals surface area (Å²) in [7, 11) is 0. The van der Waals surface area contributed by atoms with E-state index in [0.29, 0.717) is 5.92 Å². The maximum Gasteiger partial charge on any atom is 0.172 e. The summed E-state index contributed by atoms with van der Waals surface area (Å²) in [5.74, 6) is 2.63. The van der Waals surface area contributed by atoms with Crippen molar-refractivity contribution in [1.82, 2.24) is 19.9 Å². The lowest BCUT2D eigenvalue weighted by Crippen LogP contribution is -2.21. The third-order valence-electron chi connectivity index (χ3n) is 5.16. The maximum absolute atomic E-state index is 4.84. The van der Waals surface area contributed by atoms with Gasteiger partial charge in [0.2, 0.25) is 0 Å². The number of halogens is 1. The number of fused-ring (bicyclic) bond motifs is 1. The maximum atomic E-state index is 4.84. The molecule has 2 aromatic rings. The van der Waals surface area contributed by atoms with Crippen molar-refractivity contribution < 1.29 is 0 Å². The molecule has 0 fully saturated rings. The normalized spacial score (nSPS) is 12.6. The Morgan fingerprint density at radius 2 is 1.89 bits per heavy atom. The smallest absolute Gasteiger partial charge is 0.172 e. The van der Waals surface area contributed by atoms with Gasteiger partial charge in [0.25, 0.3) is 0 Å². The lowest BCUT2D eigenvalue weighted by Gasteiger charge is -2.13. The zero-order chi connectivity index (χ0) is 28.1. The van der Waals surface area contributed by atoms with Crippen LogP contribution in [-0.2, 0) is 0 Å². The van der Waals surface area contributed by atoms with E-state index in [-0.39, 0.29) is 0 Å². The van der Waals surface area contributed by atoms with Crippen molar-refractivity contribution in [3.63, 3.8) is 0 Å². The number of anilines is 1. The number of thioether (sulfide) groups is 1. The average Bonchev–Trinajstić information content (AvgIpc) is 3.30. The van der Waals surface area contributed by atoms with Gasteiger partial charge in [0.15, 0.2) is 5.65 Å². The molecule has 2 aromatic heterocycles. The van der Waals surface area contributed by atoms with Crippen LogP contribution < -0.4 is 10.6 Å². The third-order valence-corrected chi connectivity index (χ3v) is 6.40. The van der Waals surface area contributed by atoms with Crippen LogP contribution in [0.1, 0.15) is 80.3 Å². The van der Waals surface area contributed by atoms with Crippen molar-refractivity contribution >= 4 is 44.7 Å². The second-order valence-electron chi connectivity index (χ2n) is 7.97. The third kappa shape index (κ3) is 13.0. The fraction of sp³-hybridized carbons (Fsp3) is 0.533. The van der Waals surface area contributed by atoms with Gasteiger partial charge in [-0.1, -0.05) is 79.3 Å². The summed E-state index contributed by atoms with van der Waals surface area (Å²) < 4.78 is 2.73. The molecule has 37 heavy (non-hydrogen) atoms. The monoisotopic (exact) mass is 591 g/mol. The lowest BCUT2D eigenvalue weighted by molar-refractivity contribution is 0.571. The molecule has 2 heterocycles. The molecule has 2 rings (SSSR count). The van der Waals surface area contributed by atoms with E-state index in [0.717, 1.165) is 77.4 Å². The molecule has 0 saturated carbocycles. The van der Waals surface area contributed by atoms with Crippen LogP contribution in [0.15, 0.2) is 58.6 Å². The SMILES string of the molecule is C=C/C(=C(C)\C=C/CC)c1cc(NCCCCNCC(C)/C=C\SCC)n2ncc(Br)c2n1.CC.CC.